The Morgan fingerprint density at radius 2 is 1.85 bits per heavy atom. The molecular formula is C15H11ClN2O2. The van der Waals surface area contributed by atoms with Crippen molar-refractivity contribution in [1.82, 2.24) is 9.97 Å². The molecule has 0 aliphatic carbocycles. The molecule has 0 saturated heterocycles. The van der Waals surface area contributed by atoms with E-state index >= 15 is 0 Å². The molecule has 5 heteroatoms. The monoisotopic (exact) mass is 286 g/mol. The summed E-state index contributed by atoms with van der Waals surface area (Å²) in [6.07, 6.45) is 0. The van der Waals surface area contributed by atoms with Crippen molar-refractivity contribution in [3.05, 3.63) is 69.7 Å². The van der Waals surface area contributed by atoms with Gasteiger partial charge in [-0.3, -0.25) is 4.79 Å². The molecular weight excluding hydrogens is 276 g/mol. The summed E-state index contributed by atoms with van der Waals surface area (Å²) in [5.74, 6) is 1.16. The number of hydrogen-bond donors (Lipinski definition) is 1. The number of hydrogen-bond acceptors (Lipinski definition) is 3. The maximum absolute atomic E-state index is 11.9. The van der Waals surface area contributed by atoms with Crippen molar-refractivity contribution >= 4 is 22.5 Å². The quantitative estimate of drug-likeness (QED) is 0.805. The van der Waals surface area contributed by atoms with Gasteiger partial charge in [-0.25, -0.2) is 4.98 Å². The largest absolute Gasteiger partial charge is 0.486 e. The van der Waals surface area contributed by atoms with Crippen LogP contribution in [-0.2, 0) is 6.61 Å². The van der Waals surface area contributed by atoms with E-state index in [0.717, 1.165) is 0 Å². The number of aromatic amines is 1. The van der Waals surface area contributed by atoms with E-state index in [2.05, 4.69) is 9.97 Å². The smallest absolute Gasteiger partial charge is 0.258 e. The number of nitrogens with one attached hydrogen (secondary N) is 1. The minimum Gasteiger partial charge on any atom is -0.486 e. The van der Waals surface area contributed by atoms with Crippen molar-refractivity contribution in [3.63, 3.8) is 0 Å². The van der Waals surface area contributed by atoms with Crippen LogP contribution < -0.4 is 10.3 Å². The highest BCUT2D eigenvalue weighted by molar-refractivity contribution is 6.30. The van der Waals surface area contributed by atoms with Crippen molar-refractivity contribution in [2.24, 2.45) is 0 Å². The second-order valence-electron chi connectivity index (χ2n) is 4.27. The standard InChI is InChI=1S/C15H11ClN2O2/c16-10-5-7-11(8-6-10)20-9-14-17-13-4-2-1-3-12(13)15(19)18-14/h1-8H,9H2,(H,17,18,19). The predicted molar refractivity (Wildman–Crippen MR) is 78.1 cm³/mol. The van der Waals surface area contributed by atoms with Crippen molar-refractivity contribution in [1.29, 1.82) is 0 Å². The first-order valence-corrected chi connectivity index (χ1v) is 6.46. The number of halogens is 1. The molecule has 0 aliphatic rings. The minimum atomic E-state index is -0.162. The Kier molecular flexibility index (Phi) is 3.39. The lowest BCUT2D eigenvalue weighted by atomic mass is 10.2. The summed E-state index contributed by atoms with van der Waals surface area (Å²) in [6, 6.07) is 14.2. The van der Waals surface area contributed by atoms with Crippen LogP contribution in [0.2, 0.25) is 5.02 Å². The lowest BCUT2D eigenvalue weighted by molar-refractivity contribution is 0.296. The average Bonchev–Trinajstić information content (AvgIpc) is 2.47. The van der Waals surface area contributed by atoms with E-state index in [9.17, 15) is 4.79 Å². The summed E-state index contributed by atoms with van der Waals surface area (Å²) in [7, 11) is 0. The van der Waals surface area contributed by atoms with Crippen LogP contribution in [-0.4, -0.2) is 9.97 Å². The summed E-state index contributed by atoms with van der Waals surface area (Å²) in [6.45, 7) is 0.196. The van der Waals surface area contributed by atoms with E-state index in [0.29, 0.717) is 27.5 Å². The Morgan fingerprint density at radius 1 is 1.10 bits per heavy atom. The summed E-state index contributed by atoms with van der Waals surface area (Å²) in [5, 5.41) is 1.22. The highest BCUT2D eigenvalue weighted by atomic mass is 35.5. The highest BCUT2D eigenvalue weighted by Crippen LogP contribution is 2.16. The Balaban J connectivity index is 1.84. The first-order chi connectivity index (χ1) is 9.72. The molecule has 0 aliphatic heterocycles. The van der Waals surface area contributed by atoms with E-state index in [1.165, 1.54) is 0 Å². The number of rotatable bonds is 3. The molecule has 0 radical (unpaired) electrons. The molecule has 0 fully saturated rings. The lowest BCUT2D eigenvalue weighted by Gasteiger charge is -2.06. The molecule has 3 rings (SSSR count). The summed E-state index contributed by atoms with van der Waals surface area (Å²) >= 11 is 5.80. The highest BCUT2D eigenvalue weighted by Gasteiger charge is 2.03. The van der Waals surface area contributed by atoms with Crippen molar-refractivity contribution in [2.75, 3.05) is 0 Å². The van der Waals surface area contributed by atoms with Gasteiger partial charge in [0.2, 0.25) is 0 Å². The number of benzene rings is 2. The molecule has 0 spiro atoms. The van der Waals surface area contributed by atoms with Crippen molar-refractivity contribution in [2.45, 2.75) is 6.61 Å². The molecule has 0 saturated carbocycles. The first kappa shape index (κ1) is 12.7. The average molecular weight is 287 g/mol. The number of ether oxygens (including phenoxy) is 1. The second-order valence-corrected chi connectivity index (χ2v) is 4.71. The maximum atomic E-state index is 11.9. The fraction of sp³-hybridized carbons (Fsp3) is 0.0667. The normalized spacial score (nSPS) is 10.7. The van der Waals surface area contributed by atoms with E-state index < -0.39 is 0 Å². The number of H-pyrrole nitrogens is 1. The molecule has 1 heterocycles. The second kappa shape index (κ2) is 5.35. The Hall–Kier alpha value is -2.33. The molecule has 3 aromatic rings. The third-order valence-electron chi connectivity index (χ3n) is 2.85. The number of para-hydroxylation sites is 1. The van der Waals surface area contributed by atoms with Gasteiger partial charge in [-0.1, -0.05) is 23.7 Å². The zero-order valence-electron chi connectivity index (χ0n) is 10.5. The Morgan fingerprint density at radius 3 is 2.65 bits per heavy atom. The van der Waals surface area contributed by atoms with Crippen LogP contribution in [0, 0.1) is 0 Å². The Labute approximate surface area is 120 Å². The SMILES string of the molecule is O=c1[nH]c(COc2ccc(Cl)cc2)nc2ccccc12. The fourth-order valence-electron chi connectivity index (χ4n) is 1.89. The van der Waals surface area contributed by atoms with Crippen molar-refractivity contribution in [3.8, 4) is 5.75 Å². The van der Waals surface area contributed by atoms with Gasteiger partial charge in [-0.2, -0.15) is 0 Å². The van der Waals surface area contributed by atoms with Gasteiger partial charge in [0.05, 0.1) is 10.9 Å². The summed E-state index contributed by atoms with van der Waals surface area (Å²) < 4.78 is 5.56. The van der Waals surface area contributed by atoms with Crippen LogP contribution >= 0.6 is 11.6 Å². The summed E-state index contributed by atoms with van der Waals surface area (Å²) in [5.41, 5.74) is 0.497. The van der Waals surface area contributed by atoms with Crippen LogP contribution in [0.15, 0.2) is 53.3 Å². The molecule has 2 aromatic carbocycles. The molecule has 1 aromatic heterocycles. The fourth-order valence-corrected chi connectivity index (χ4v) is 2.01. The third kappa shape index (κ3) is 2.65. The molecule has 1 N–H and O–H groups in total. The van der Waals surface area contributed by atoms with E-state index in [1.54, 1.807) is 36.4 Å². The van der Waals surface area contributed by atoms with Gasteiger partial charge in [0.1, 0.15) is 18.2 Å². The number of nitrogens with zero attached hydrogens (tertiary/aromatic N) is 1. The van der Waals surface area contributed by atoms with Crippen LogP contribution in [0.25, 0.3) is 10.9 Å². The van der Waals surface area contributed by atoms with Gasteiger partial charge in [-0.05, 0) is 36.4 Å². The zero-order valence-corrected chi connectivity index (χ0v) is 11.2. The summed E-state index contributed by atoms with van der Waals surface area (Å²) in [4.78, 5) is 19.0. The van der Waals surface area contributed by atoms with E-state index in [1.807, 2.05) is 12.1 Å². The lowest BCUT2D eigenvalue weighted by Crippen LogP contribution is -2.13. The molecule has 20 heavy (non-hydrogen) atoms. The first-order valence-electron chi connectivity index (χ1n) is 6.09. The van der Waals surface area contributed by atoms with Gasteiger partial charge in [0, 0.05) is 5.02 Å². The van der Waals surface area contributed by atoms with Crippen LogP contribution in [0.4, 0.5) is 0 Å². The number of fused-ring (bicyclic) bond motifs is 1. The molecule has 4 nitrogen and oxygen atoms in total. The van der Waals surface area contributed by atoms with Gasteiger partial charge in [0.15, 0.2) is 0 Å². The molecule has 100 valence electrons. The van der Waals surface area contributed by atoms with Crippen LogP contribution in [0.3, 0.4) is 0 Å². The van der Waals surface area contributed by atoms with Gasteiger partial charge in [0.25, 0.3) is 5.56 Å². The van der Waals surface area contributed by atoms with Crippen LogP contribution in [0.5, 0.6) is 5.75 Å². The molecule has 0 bridgehead atoms. The molecule has 0 unspecified atom stereocenters. The van der Waals surface area contributed by atoms with Gasteiger partial charge >= 0.3 is 0 Å². The van der Waals surface area contributed by atoms with E-state index in [-0.39, 0.29) is 12.2 Å². The number of aromatic nitrogens is 2. The van der Waals surface area contributed by atoms with Gasteiger partial charge in [-0.15, -0.1) is 0 Å². The Bertz CT molecular complexity index is 797. The maximum Gasteiger partial charge on any atom is 0.258 e. The minimum absolute atomic E-state index is 0.162. The predicted octanol–water partition coefficient (Wildman–Crippen LogP) is 3.16. The molecule has 0 atom stereocenters. The topological polar surface area (TPSA) is 55.0 Å². The van der Waals surface area contributed by atoms with Crippen LogP contribution in [0.1, 0.15) is 5.82 Å². The van der Waals surface area contributed by atoms with E-state index in [4.69, 9.17) is 16.3 Å². The molecule has 0 amide bonds. The van der Waals surface area contributed by atoms with Crippen molar-refractivity contribution < 1.29 is 4.74 Å². The van der Waals surface area contributed by atoms with Gasteiger partial charge < -0.3 is 9.72 Å². The zero-order chi connectivity index (χ0) is 13.9. The third-order valence-corrected chi connectivity index (χ3v) is 3.10.